The van der Waals surface area contributed by atoms with Crippen molar-refractivity contribution in [1.82, 2.24) is 10.2 Å². The van der Waals surface area contributed by atoms with Gasteiger partial charge in [0.25, 0.3) is 0 Å². The number of ether oxygens (including phenoxy) is 3. The molecule has 2 fully saturated rings. The molecule has 9 heteroatoms. The minimum Gasteiger partial charge on any atom is -0.489 e. The SMILES string of the molecule is CCCCCCCCOC1=C(C)C(=O)C2=C(C1=O)[C@@H](COC(N)=O)[C@@]1(OC)[C@H]3N[C@H]3CN21. The number of nitrogens with one attached hydrogen (secondary N) is 1. The number of ketones is 2. The number of hydrogen-bond donors (Lipinski definition) is 2. The lowest BCUT2D eigenvalue weighted by molar-refractivity contribution is -0.137. The smallest absolute Gasteiger partial charge is 0.404 e. The molecule has 0 aromatic carbocycles. The summed E-state index contributed by atoms with van der Waals surface area (Å²) in [6.45, 7) is 4.60. The number of methoxy groups -OCH3 is 1. The van der Waals surface area contributed by atoms with E-state index in [1.807, 2.05) is 4.90 Å². The monoisotopic (exact) mass is 447 g/mol. The molecule has 3 aliphatic heterocycles. The number of nitrogens with zero attached hydrogens (tertiary/aromatic N) is 1. The highest BCUT2D eigenvalue weighted by atomic mass is 16.6. The fourth-order valence-electron chi connectivity index (χ4n) is 5.50. The Kier molecular flexibility index (Phi) is 6.31. The summed E-state index contributed by atoms with van der Waals surface area (Å²) in [6.07, 6.45) is 5.64. The molecule has 0 saturated carbocycles. The van der Waals surface area contributed by atoms with Crippen molar-refractivity contribution in [1.29, 1.82) is 0 Å². The number of unbranched alkanes of at least 4 members (excludes halogenated alkanes) is 5. The highest BCUT2D eigenvalue weighted by Gasteiger charge is 2.72. The number of carbonyl (C=O) groups excluding carboxylic acids is 3. The lowest BCUT2D eigenvalue weighted by Crippen LogP contribution is -2.55. The lowest BCUT2D eigenvalue weighted by Gasteiger charge is -2.39. The van der Waals surface area contributed by atoms with E-state index in [0.29, 0.717) is 30.0 Å². The van der Waals surface area contributed by atoms with E-state index in [1.165, 1.54) is 19.3 Å². The molecule has 0 aromatic rings. The van der Waals surface area contributed by atoms with Crippen molar-refractivity contribution < 1.29 is 28.6 Å². The van der Waals surface area contributed by atoms with Crippen molar-refractivity contribution >= 4 is 17.7 Å². The summed E-state index contributed by atoms with van der Waals surface area (Å²) in [5.74, 6) is -1.11. The molecule has 0 aromatic heterocycles. The molecular weight excluding hydrogens is 414 g/mol. The molecule has 3 N–H and O–H groups in total. The molecule has 176 valence electrons. The predicted molar refractivity (Wildman–Crippen MR) is 115 cm³/mol. The number of rotatable bonds is 11. The summed E-state index contributed by atoms with van der Waals surface area (Å²) in [5, 5.41) is 3.34. The number of amides is 1. The van der Waals surface area contributed by atoms with Gasteiger partial charge in [0.15, 0.2) is 11.5 Å². The van der Waals surface area contributed by atoms with Gasteiger partial charge in [0.05, 0.1) is 24.3 Å². The maximum atomic E-state index is 13.6. The van der Waals surface area contributed by atoms with Gasteiger partial charge in [-0.2, -0.15) is 0 Å². The van der Waals surface area contributed by atoms with E-state index in [9.17, 15) is 14.4 Å². The first-order valence-electron chi connectivity index (χ1n) is 11.6. The van der Waals surface area contributed by atoms with E-state index in [4.69, 9.17) is 19.9 Å². The molecule has 1 aliphatic carbocycles. The van der Waals surface area contributed by atoms with Gasteiger partial charge in [0.2, 0.25) is 11.6 Å². The van der Waals surface area contributed by atoms with Crippen LogP contribution in [0.15, 0.2) is 22.6 Å². The van der Waals surface area contributed by atoms with Crippen LogP contribution in [0.4, 0.5) is 4.79 Å². The highest BCUT2D eigenvalue weighted by Crippen LogP contribution is 2.55. The Morgan fingerprint density at radius 2 is 1.91 bits per heavy atom. The Hall–Kier alpha value is -2.39. The number of allylic oxidation sites excluding steroid dienone is 2. The van der Waals surface area contributed by atoms with E-state index in [0.717, 1.165) is 19.3 Å². The Balaban J connectivity index is 1.54. The maximum absolute atomic E-state index is 13.6. The van der Waals surface area contributed by atoms with Crippen LogP contribution in [0.5, 0.6) is 0 Å². The molecule has 3 heterocycles. The minimum absolute atomic E-state index is 0.0621. The molecule has 0 spiro atoms. The summed E-state index contributed by atoms with van der Waals surface area (Å²) in [6, 6.07) is 0.102. The molecular formula is C23H33N3O6. The summed E-state index contributed by atoms with van der Waals surface area (Å²) >= 11 is 0. The van der Waals surface area contributed by atoms with Crippen LogP contribution in [0.2, 0.25) is 0 Å². The topological polar surface area (TPSA) is 130 Å². The number of carbonyl (C=O) groups is 3. The van der Waals surface area contributed by atoms with E-state index >= 15 is 0 Å². The van der Waals surface area contributed by atoms with Gasteiger partial charge in [0.1, 0.15) is 6.61 Å². The average Bonchev–Trinajstić information content (AvgIpc) is 3.38. The quantitative estimate of drug-likeness (QED) is 0.278. The van der Waals surface area contributed by atoms with Gasteiger partial charge in [-0.1, -0.05) is 39.0 Å². The number of primary amides is 1. The summed E-state index contributed by atoms with van der Waals surface area (Å²) in [4.78, 5) is 40.2. The molecule has 4 atom stereocenters. The second-order valence-electron chi connectivity index (χ2n) is 8.99. The standard InChI is InChI=1S/C23H33N3O6/c1-4-5-6-7-8-9-10-31-20-13(2)18(27)17-16(19(20)28)14(12-32-22(24)29)23(30-3)21-15(25-21)11-26(17)23/h14-15,21,25H,4-12H2,1-3H3,(H2,24,29)/t14-,15+,21+,23-/m1/s1. The molecule has 4 rings (SSSR count). The predicted octanol–water partition coefficient (Wildman–Crippen LogP) is 1.77. The first-order chi connectivity index (χ1) is 15.4. The third kappa shape index (κ3) is 3.51. The van der Waals surface area contributed by atoms with Gasteiger partial charge >= 0.3 is 6.09 Å². The summed E-state index contributed by atoms with van der Waals surface area (Å²) in [7, 11) is 1.55. The van der Waals surface area contributed by atoms with Gasteiger partial charge < -0.3 is 30.2 Å². The van der Waals surface area contributed by atoms with Crippen molar-refractivity contribution in [3.8, 4) is 0 Å². The van der Waals surface area contributed by atoms with Crippen LogP contribution in [0.25, 0.3) is 0 Å². The van der Waals surface area contributed by atoms with E-state index in [1.54, 1.807) is 14.0 Å². The van der Waals surface area contributed by atoms with Crippen molar-refractivity contribution in [3.05, 3.63) is 22.6 Å². The van der Waals surface area contributed by atoms with Crippen LogP contribution in [0, 0.1) is 5.92 Å². The van der Waals surface area contributed by atoms with Gasteiger partial charge in [-0.15, -0.1) is 0 Å². The van der Waals surface area contributed by atoms with Gasteiger partial charge in [-0.25, -0.2) is 4.79 Å². The number of Topliss-reactive ketones (excluding diaryl/α,β-unsaturated/α-hetero) is 2. The van der Waals surface area contributed by atoms with Gasteiger partial charge in [0, 0.05) is 30.8 Å². The van der Waals surface area contributed by atoms with Crippen LogP contribution in [0.3, 0.4) is 0 Å². The molecule has 0 unspecified atom stereocenters. The fraction of sp³-hybridized carbons (Fsp3) is 0.696. The highest BCUT2D eigenvalue weighted by molar-refractivity contribution is 6.25. The van der Waals surface area contributed by atoms with Crippen LogP contribution < -0.4 is 11.1 Å². The van der Waals surface area contributed by atoms with Crippen LogP contribution in [-0.2, 0) is 23.8 Å². The second-order valence-corrected chi connectivity index (χ2v) is 8.99. The van der Waals surface area contributed by atoms with Gasteiger partial charge in [-0.3, -0.25) is 9.59 Å². The summed E-state index contributed by atoms with van der Waals surface area (Å²) in [5.41, 5.74) is 5.20. The van der Waals surface area contributed by atoms with Crippen molar-refractivity contribution in [2.75, 3.05) is 26.9 Å². The molecule has 32 heavy (non-hydrogen) atoms. The Morgan fingerprint density at radius 3 is 2.59 bits per heavy atom. The molecule has 4 aliphatic rings. The third-order valence-corrected chi connectivity index (χ3v) is 7.12. The van der Waals surface area contributed by atoms with Crippen LogP contribution >= 0.6 is 0 Å². The molecule has 1 amide bonds. The van der Waals surface area contributed by atoms with Gasteiger partial charge in [-0.05, 0) is 13.3 Å². The molecule has 2 saturated heterocycles. The number of fused-ring (bicyclic) bond motifs is 4. The number of piperazine rings is 1. The average molecular weight is 448 g/mol. The molecule has 9 nitrogen and oxygen atoms in total. The number of hydrogen-bond acceptors (Lipinski definition) is 8. The Bertz CT molecular complexity index is 881. The first kappa shape index (κ1) is 22.8. The van der Waals surface area contributed by atoms with E-state index in [-0.39, 0.29) is 36.0 Å². The lowest BCUT2D eigenvalue weighted by atomic mass is 9.83. The fourth-order valence-corrected chi connectivity index (χ4v) is 5.50. The maximum Gasteiger partial charge on any atom is 0.404 e. The minimum atomic E-state index is -0.967. The zero-order chi connectivity index (χ0) is 23.0. The Labute approximate surface area is 188 Å². The van der Waals surface area contributed by atoms with Crippen molar-refractivity contribution in [3.63, 3.8) is 0 Å². The second kappa shape index (κ2) is 8.86. The summed E-state index contributed by atoms with van der Waals surface area (Å²) < 4.78 is 16.9. The van der Waals surface area contributed by atoms with E-state index in [2.05, 4.69) is 12.2 Å². The third-order valence-electron chi connectivity index (χ3n) is 7.12. The van der Waals surface area contributed by atoms with Crippen molar-refractivity contribution in [2.45, 2.75) is 70.2 Å². The normalized spacial score (nSPS) is 30.5. The molecule has 0 bridgehead atoms. The molecule has 0 radical (unpaired) electrons. The van der Waals surface area contributed by atoms with Crippen molar-refractivity contribution in [2.24, 2.45) is 11.7 Å². The zero-order valence-corrected chi connectivity index (χ0v) is 19.1. The van der Waals surface area contributed by atoms with E-state index < -0.39 is 17.7 Å². The first-order valence-corrected chi connectivity index (χ1v) is 11.6. The Morgan fingerprint density at radius 1 is 1.19 bits per heavy atom. The largest absolute Gasteiger partial charge is 0.489 e. The number of nitrogens with two attached hydrogens (primary N) is 1. The van der Waals surface area contributed by atoms with Crippen LogP contribution in [0.1, 0.15) is 52.4 Å². The van der Waals surface area contributed by atoms with Crippen LogP contribution in [-0.4, -0.2) is 67.2 Å². The zero-order valence-electron chi connectivity index (χ0n) is 19.1.